The van der Waals surface area contributed by atoms with Gasteiger partial charge < -0.3 is 10.2 Å². The van der Waals surface area contributed by atoms with E-state index in [2.05, 4.69) is 15.9 Å². The quantitative estimate of drug-likeness (QED) is 0.909. The second-order valence-corrected chi connectivity index (χ2v) is 4.90. The maximum atomic E-state index is 6.10. The zero-order valence-electron chi connectivity index (χ0n) is 7.66. The van der Waals surface area contributed by atoms with Crippen LogP contribution in [0.5, 0.6) is 0 Å². The normalized spacial score (nSPS) is 13.1. The number of furan rings is 1. The Morgan fingerprint density at radius 2 is 2.36 bits per heavy atom. The Labute approximate surface area is 94.9 Å². The minimum atomic E-state index is -0.0955. The van der Waals surface area contributed by atoms with Crippen LogP contribution in [0.1, 0.15) is 22.2 Å². The van der Waals surface area contributed by atoms with Crippen LogP contribution >= 0.6 is 27.3 Å². The Bertz CT molecular complexity index is 435. The number of rotatable bonds is 2. The first-order valence-electron chi connectivity index (χ1n) is 4.22. The molecule has 0 saturated heterocycles. The molecule has 0 fully saturated rings. The molecule has 4 heteroatoms. The molecule has 0 aromatic carbocycles. The first kappa shape index (κ1) is 9.96. The van der Waals surface area contributed by atoms with E-state index in [-0.39, 0.29) is 6.04 Å². The lowest BCUT2D eigenvalue weighted by Crippen LogP contribution is -2.09. The molecule has 2 aromatic heterocycles. The van der Waals surface area contributed by atoms with Crippen LogP contribution in [-0.4, -0.2) is 0 Å². The molecule has 2 nitrogen and oxygen atoms in total. The van der Waals surface area contributed by atoms with E-state index in [4.69, 9.17) is 10.2 Å². The summed E-state index contributed by atoms with van der Waals surface area (Å²) in [6, 6.07) is 3.88. The van der Waals surface area contributed by atoms with Gasteiger partial charge in [0, 0.05) is 14.9 Å². The van der Waals surface area contributed by atoms with Crippen molar-refractivity contribution >= 4 is 27.3 Å². The number of hydrogen-bond acceptors (Lipinski definition) is 3. The van der Waals surface area contributed by atoms with Crippen LogP contribution in [0.4, 0.5) is 0 Å². The van der Waals surface area contributed by atoms with Crippen molar-refractivity contribution in [2.75, 3.05) is 0 Å². The van der Waals surface area contributed by atoms with Gasteiger partial charge in [-0.25, -0.2) is 0 Å². The molecule has 74 valence electrons. The molecule has 0 saturated carbocycles. The van der Waals surface area contributed by atoms with Crippen LogP contribution in [0.2, 0.25) is 0 Å². The average Bonchev–Trinajstić information content (AvgIpc) is 2.73. The van der Waals surface area contributed by atoms with Gasteiger partial charge in [0.1, 0.15) is 5.76 Å². The maximum absolute atomic E-state index is 6.10. The fourth-order valence-corrected chi connectivity index (χ4v) is 2.95. The minimum absolute atomic E-state index is 0.0955. The van der Waals surface area contributed by atoms with E-state index >= 15 is 0 Å². The van der Waals surface area contributed by atoms with Crippen molar-refractivity contribution < 1.29 is 4.42 Å². The summed E-state index contributed by atoms with van der Waals surface area (Å²) in [4.78, 5) is 1.13. The van der Waals surface area contributed by atoms with Gasteiger partial charge in [0.05, 0.1) is 12.3 Å². The number of halogens is 1. The van der Waals surface area contributed by atoms with E-state index in [0.717, 1.165) is 20.7 Å². The van der Waals surface area contributed by atoms with Crippen molar-refractivity contribution in [3.05, 3.63) is 44.4 Å². The fourth-order valence-electron chi connectivity index (χ4n) is 1.31. The summed E-state index contributed by atoms with van der Waals surface area (Å²) in [7, 11) is 0. The Hall–Kier alpha value is -0.580. The molecular formula is C10H10BrNOS. The molecule has 0 aliphatic rings. The summed E-state index contributed by atoms with van der Waals surface area (Å²) in [5.74, 6) is 0.892. The standard InChI is InChI=1S/C10H10BrNOS/c1-6-4-7(5-13-6)9(12)10-8(11)2-3-14-10/h2-5,9H,12H2,1H3. The molecular weight excluding hydrogens is 262 g/mol. The first-order chi connectivity index (χ1) is 6.68. The van der Waals surface area contributed by atoms with E-state index in [1.807, 2.05) is 24.4 Å². The lowest BCUT2D eigenvalue weighted by molar-refractivity contribution is 0.530. The number of aryl methyl sites for hydroxylation is 1. The van der Waals surface area contributed by atoms with Crippen LogP contribution in [0, 0.1) is 6.92 Å². The van der Waals surface area contributed by atoms with Gasteiger partial charge >= 0.3 is 0 Å². The molecule has 1 atom stereocenters. The highest BCUT2D eigenvalue weighted by Gasteiger charge is 2.15. The maximum Gasteiger partial charge on any atom is 0.101 e. The molecule has 2 rings (SSSR count). The molecule has 0 bridgehead atoms. The monoisotopic (exact) mass is 271 g/mol. The Balaban J connectivity index is 2.33. The van der Waals surface area contributed by atoms with Gasteiger partial charge in [-0.2, -0.15) is 0 Å². The van der Waals surface area contributed by atoms with Crippen molar-refractivity contribution in [1.82, 2.24) is 0 Å². The van der Waals surface area contributed by atoms with E-state index < -0.39 is 0 Å². The van der Waals surface area contributed by atoms with Crippen LogP contribution in [-0.2, 0) is 0 Å². The molecule has 0 aliphatic carbocycles. The summed E-state index contributed by atoms with van der Waals surface area (Å²) in [5.41, 5.74) is 7.11. The number of nitrogens with two attached hydrogens (primary N) is 1. The van der Waals surface area contributed by atoms with E-state index in [0.29, 0.717) is 0 Å². The minimum Gasteiger partial charge on any atom is -0.469 e. The molecule has 2 N–H and O–H groups in total. The third-order valence-electron chi connectivity index (χ3n) is 2.04. The van der Waals surface area contributed by atoms with E-state index in [1.165, 1.54) is 0 Å². The largest absolute Gasteiger partial charge is 0.469 e. The van der Waals surface area contributed by atoms with Crippen molar-refractivity contribution in [3.63, 3.8) is 0 Å². The molecule has 2 aromatic rings. The Kier molecular flexibility index (Phi) is 2.76. The van der Waals surface area contributed by atoms with E-state index in [1.54, 1.807) is 17.6 Å². The second kappa shape index (κ2) is 3.88. The molecule has 0 radical (unpaired) electrons. The van der Waals surface area contributed by atoms with Gasteiger partial charge in [-0.05, 0) is 40.4 Å². The van der Waals surface area contributed by atoms with Gasteiger partial charge in [-0.3, -0.25) is 0 Å². The van der Waals surface area contributed by atoms with Gasteiger partial charge in [0.25, 0.3) is 0 Å². The van der Waals surface area contributed by atoms with Gasteiger partial charge in [0.2, 0.25) is 0 Å². The van der Waals surface area contributed by atoms with Crippen LogP contribution in [0.3, 0.4) is 0 Å². The summed E-state index contributed by atoms with van der Waals surface area (Å²) in [6.07, 6.45) is 1.71. The third kappa shape index (κ3) is 1.78. The number of hydrogen-bond donors (Lipinski definition) is 1. The van der Waals surface area contributed by atoms with E-state index in [9.17, 15) is 0 Å². The predicted molar refractivity (Wildman–Crippen MR) is 61.5 cm³/mol. The number of thiophene rings is 1. The third-order valence-corrected chi connectivity index (χ3v) is 3.99. The highest BCUT2D eigenvalue weighted by molar-refractivity contribution is 9.10. The Morgan fingerprint density at radius 1 is 1.57 bits per heavy atom. The van der Waals surface area contributed by atoms with Crippen LogP contribution in [0.25, 0.3) is 0 Å². The Morgan fingerprint density at radius 3 is 2.86 bits per heavy atom. The molecule has 0 amide bonds. The summed E-state index contributed by atoms with van der Waals surface area (Å²) < 4.78 is 6.30. The molecule has 14 heavy (non-hydrogen) atoms. The lowest BCUT2D eigenvalue weighted by Gasteiger charge is -2.06. The van der Waals surface area contributed by atoms with Gasteiger partial charge in [-0.1, -0.05) is 0 Å². The average molecular weight is 272 g/mol. The van der Waals surface area contributed by atoms with Crippen molar-refractivity contribution in [1.29, 1.82) is 0 Å². The predicted octanol–water partition coefficient (Wildman–Crippen LogP) is 3.46. The van der Waals surface area contributed by atoms with Crippen LogP contribution < -0.4 is 5.73 Å². The molecule has 0 aliphatic heterocycles. The second-order valence-electron chi connectivity index (χ2n) is 3.10. The fraction of sp³-hybridized carbons (Fsp3) is 0.200. The zero-order valence-corrected chi connectivity index (χ0v) is 10.1. The van der Waals surface area contributed by atoms with Gasteiger partial charge in [-0.15, -0.1) is 11.3 Å². The summed E-state index contributed by atoms with van der Waals surface area (Å²) in [6.45, 7) is 1.92. The lowest BCUT2D eigenvalue weighted by atomic mass is 10.1. The summed E-state index contributed by atoms with van der Waals surface area (Å²) >= 11 is 5.12. The molecule has 2 heterocycles. The SMILES string of the molecule is Cc1cc(C(N)c2sccc2Br)co1. The highest BCUT2D eigenvalue weighted by Crippen LogP contribution is 2.32. The van der Waals surface area contributed by atoms with Crippen molar-refractivity contribution in [2.24, 2.45) is 5.73 Å². The first-order valence-corrected chi connectivity index (χ1v) is 5.89. The van der Waals surface area contributed by atoms with Gasteiger partial charge in [0.15, 0.2) is 0 Å². The molecule has 0 spiro atoms. The molecule has 1 unspecified atom stereocenters. The highest BCUT2D eigenvalue weighted by atomic mass is 79.9. The topological polar surface area (TPSA) is 39.2 Å². The smallest absolute Gasteiger partial charge is 0.101 e. The van der Waals surface area contributed by atoms with Crippen molar-refractivity contribution in [2.45, 2.75) is 13.0 Å². The zero-order chi connectivity index (χ0) is 10.1. The summed E-state index contributed by atoms with van der Waals surface area (Å²) in [5, 5.41) is 2.02. The van der Waals surface area contributed by atoms with Crippen molar-refractivity contribution in [3.8, 4) is 0 Å². The van der Waals surface area contributed by atoms with Crippen LogP contribution in [0.15, 0.2) is 32.7 Å².